The zero-order chi connectivity index (χ0) is 26.4. The average Bonchev–Trinajstić information content (AvgIpc) is 2.86. The molecule has 0 radical (unpaired) electrons. The highest BCUT2D eigenvalue weighted by Gasteiger charge is 2.38. The summed E-state index contributed by atoms with van der Waals surface area (Å²) < 4.78 is 22.0. The zero-order valence-corrected chi connectivity index (χ0v) is 22.2. The van der Waals surface area contributed by atoms with Crippen LogP contribution in [0.2, 0.25) is 0 Å². The van der Waals surface area contributed by atoms with E-state index in [-0.39, 0.29) is 23.8 Å². The summed E-state index contributed by atoms with van der Waals surface area (Å²) in [5.74, 6) is 1.40. The van der Waals surface area contributed by atoms with Crippen LogP contribution >= 0.6 is 0 Å². The first-order valence-electron chi connectivity index (χ1n) is 13.1. The smallest absolute Gasteiger partial charge is 0.330 e. The molecule has 1 saturated carbocycles. The Kier molecular flexibility index (Phi) is 8.70. The van der Waals surface area contributed by atoms with Crippen molar-refractivity contribution in [1.82, 2.24) is 0 Å². The maximum Gasteiger partial charge on any atom is 0.330 e. The molecule has 2 aromatic rings. The van der Waals surface area contributed by atoms with Crippen molar-refractivity contribution in [3.63, 3.8) is 0 Å². The fourth-order valence-electron chi connectivity index (χ4n) is 5.47. The molecule has 2 aromatic carbocycles. The molecule has 0 aromatic heterocycles. The minimum absolute atomic E-state index is 0.258. The number of fused-ring (bicyclic) bond motifs is 7. The SMILES string of the molecule is CCOC(=O)/C=C/c1cc2cc(c1OC)C1CCC1c1cc(cc(/C=C/C(=O)OCC)c1OC)CCC2. The van der Waals surface area contributed by atoms with Crippen LogP contribution in [0.25, 0.3) is 12.2 Å². The van der Waals surface area contributed by atoms with E-state index in [4.69, 9.17) is 18.9 Å². The topological polar surface area (TPSA) is 71.1 Å². The van der Waals surface area contributed by atoms with Gasteiger partial charge >= 0.3 is 11.9 Å². The Balaban J connectivity index is 1.78. The van der Waals surface area contributed by atoms with Crippen LogP contribution in [0.5, 0.6) is 11.5 Å². The first-order valence-corrected chi connectivity index (χ1v) is 13.1. The normalized spacial score (nSPS) is 18.5. The fraction of sp³-hybridized carbons (Fsp3) is 0.419. The number of carbonyl (C=O) groups is 2. The second-order valence-corrected chi connectivity index (χ2v) is 9.43. The van der Waals surface area contributed by atoms with Gasteiger partial charge in [-0.25, -0.2) is 9.59 Å². The molecule has 2 aliphatic carbocycles. The maximum atomic E-state index is 12.0. The van der Waals surface area contributed by atoms with Crippen molar-refractivity contribution < 1.29 is 28.5 Å². The highest BCUT2D eigenvalue weighted by atomic mass is 16.5. The summed E-state index contributed by atoms with van der Waals surface area (Å²) >= 11 is 0. The van der Waals surface area contributed by atoms with E-state index in [1.54, 1.807) is 40.2 Å². The first-order chi connectivity index (χ1) is 18.0. The molecule has 0 N–H and O–H groups in total. The van der Waals surface area contributed by atoms with Crippen LogP contribution in [0, 0.1) is 0 Å². The Morgan fingerprint density at radius 2 is 1.19 bits per heavy atom. The highest BCUT2D eigenvalue weighted by Crippen LogP contribution is 2.55. The fourth-order valence-corrected chi connectivity index (χ4v) is 5.47. The predicted molar refractivity (Wildman–Crippen MR) is 144 cm³/mol. The monoisotopic (exact) mass is 504 g/mol. The molecule has 2 atom stereocenters. The number of hydrogen-bond acceptors (Lipinski definition) is 6. The Bertz CT molecular complexity index is 1120. The van der Waals surface area contributed by atoms with Gasteiger partial charge in [0.15, 0.2) is 0 Å². The molecule has 196 valence electrons. The van der Waals surface area contributed by atoms with Gasteiger partial charge in [-0.15, -0.1) is 0 Å². The lowest BCUT2D eigenvalue weighted by molar-refractivity contribution is -0.138. The van der Waals surface area contributed by atoms with Gasteiger partial charge in [0.1, 0.15) is 11.5 Å². The van der Waals surface area contributed by atoms with Crippen molar-refractivity contribution in [2.24, 2.45) is 0 Å². The minimum atomic E-state index is -0.361. The third kappa shape index (κ3) is 5.90. The molecule has 1 fully saturated rings. The van der Waals surface area contributed by atoms with Crippen LogP contribution < -0.4 is 9.47 Å². The van der Waals surface area contributed by atoms with Crippen molar-refractivity contribution in [2.75, 3.05) is 27.4 Å². The van der Waals surface area contributed by atoms with Gasteiger partial charge in [-0.05, 0) is 104 Å². The van der Waals surface area contributed by atoms with Crippen molar-refractivity contribution in [2.45, 2.75) is 57.8 Å². The van der Waals surface area contributed by atoms with Gasteiger partial charge in [0.25, 0.3) is 0 Å². The van der Waals surface area contributed by atoms with E-state index in [2.05, 4.69) is 24.3 Å². The molecule has 6 nitrogen and oxygen atoms in total. The molecule has 0 saturated heterocycles. The van der Waals surface area contributed by atoms with Crippen LogP contribution in [0.15, 0.2) is 36.4 Å². The van der Waals surface area contributed by atoms with Gasteiger partial charge in [-0.1, -0.05) is 12.1 Å². The lowest BCUT2D eigenvalue weighted by Crippen LogP contribution is -2.23. The second-order valence-electron chi connectivity index (χ2n) is 9.43. The van der Waals surface area contributed by atoms with Gasteiger partial charge in [-0.2, -0.15) is 0 Å². The van der Waals surface area contributed by atoms with Crippen molar-refractivity contribution >= 4 is 24.1 Å². The summed E-state index contributed by atoms with van der Waals surface area (Å²) in [7, 11) is 3.37. The number of benzene rings is 2. The molecule has 0 heterocycles. The first kappa shape index (κ1) is 26.5. The molecule has 2 unspecified atom stereocenters. The maximum absolute atomic E-state index is 12.0. The summed E-state index contributed by atoms with van der Waals surface area (Å²) in [6.07, 6.45) is 11.4. The highest BCUT2D eigenvalue weighted by molar-refractivity contribution is 5.88. The van der Waals surface area contributed by atoms with E-state index in [0.29, 0.717) is 13.2 Å². The van der Waals surface area contributed by atoms with Gasteiger partial charge in [0.2, 0.25) is 0 Å². The second kappa shape index (κ2) is 12.1. The van der Waals surface area contributed by atoms with Crippen LogP contribution in [-0.4, -0.2) is 39.4 Å². The van der Waals surface area contributed by atoms with Crippen LogP contribution in [0.4, 0.5) is 0 Å². The predicted octanol–water partition coefficient (Wildman–Crippen LogP) is 6.01. The third-order valence-corrected chi connectivity index (χ3v) is 7.20. The van der Waals surface area contributed by atoms with Crippen LogP contribution in [0.1, 0.15) is 78.3 Å². The van der Waals surface area contributed by atoms with Crippen molar-refractivity contribution in [1.29, 1.82) is 0 Å². The number of carbonyl (C=O) groups excluding carboxylic acids is 2. The van der Waals surface area contributed by atoms with E-state index in [9.17, 15) is 9.59 Å². The number of rotatable bonds is 8. The van der Waals surface area contributed by atoms with Crippen molar-refractivity contribution in [3.05, 3.63) is 69.8 Å². The Hall–Kier alpha value is -3.54. The van der Waals surface area contributed by atoms with Crippen LogP contribution in [-0.2, 0) is 31.9 Å². The largest absolute Gasteiger partial charge is 0.496 e. The number of ether oxygens (including phenoxy) is 4. The molecular weight excluding hydrogens is 468 g/mol. The molecular formula is C31H36O6. The Morgan fingerprint density at radius 1 is 0.757 bits per heavy atom. The Labute approximate surface area is 219 Å². The Morgan fingerprint density at radius 3 is 1.54 bits per heavy atom. The molecule has 0 amide bonds. The standard InChI is InChI=1S/C31H36O6/c1-5-36-28(32)14-10-22-16-20-8-7-9-21-17-23(11-15-29(33)37-6-2)31(35-4)27(19-21)25-13-12-24(25)26(18-20)30(22)34-3/h10-11,14-19,24-25H,5-9,12-13H2,1-4H3/b14-10+,15-11+. The quantitative estimate of drug-likeness (QED) is 0.324. The molecule has 0 spiro atoms. The third-order valence-electron chi connectivity index (χ3n) is 7.20. The van der Waals surface area contributed by atoms with Gasteiger partial charge in [0, 0.05) is 23.3 Å². The summed E-state index contributed by atoms with van der Waals surface area (Å²) in [6.45, 7) is 4.27. The molecule has 4 rings (SSSR count). The number of esters is 2. The zero-order valence-electron chi connectivity index (χ0n) is 22.2. The minimum Gasteiger partial charge on any atom is -0.496 e. The molecule has 37 heavy (non-hydrogen) atoms. The molecule has 0 aliphatic heterocycles. The number of hydrogen-bond donors (Lipinski definition) is 0. The molecule has 6 heteroatoms. The van der Waals surface area contributed by atoms with E-state index in [0.717, 1.165) is 65.9 Å². The average molecular weight is 505 g/mol. The lowest BCUT2D eigenvalue weighted by Gasteiger charge is -2.39. The van der Waals surface area contributed by atoms with E-state index in [1.165, 1.54) is 23.3 Å². The summed E-state index contributed by atoms with van der Waals surface area (Å²) in [6, 6.07) is 8.79. The van der Waals surface area contributed by atoms with E-state index < -0.39 is 0 Å². The van der Waals surface area contributed by atoms with Crippen molar-refractivity contribution in [3.8, 4) is 11.5 Å². The molecule has 4 bridgehead atoms. The summed E-state index contributed by atoms with van der Waals surface area (Å²) in [4.78, 5) is 24.0. The van der Waals surface area contributed by atoms with Crippen LogP contribution in [0.3, 0.4) is 0 Å². The van der Waals surface area contributed by atoms with Gasteiger partial charge in [-0.3, -0.25) is 0 Å². The lowest BCUT2D eigenvalue weighted by atomic mass is 9.65. The number of aryl methyl sites for hydroxylation is 2. The number of methoxy groups -OCH3 is 2. The van der Waals surface area contributed by atoms with E-state index >= 15 is 0 Å². The van der Waals surface area contributed by atoms with E-state index in [1.807, 2.05) is 0 Å². The summed E-state index contributed by atoms with van der Waals surface area (Å²) in [5, 5.41) is 0. The summed E-state index contributed by atoms with van der Waals surface area (Å²) in [5.41, 5.74) is 6.58. The molecule has 2 aliphatic rings. The van der Waals surface area contributed by atoms with Gasteiger partial charge in [0.05, 0.1) is 27.4 Å². The van der Waals surface area contributed by atoms with Gasteiger partial charge < -0.3 is 18.9 Å².